The van der Waals surface area contributed by atoms with Crippen LogP contribution in [0.15, 0.2) is 42.6 Å². The molecule has 1 atom stereocenters. The summed E-state index contributed by atoms with van der Waals surface area (Å²) in [5, 5.41) is 12.8. The summed E-state index contributed by atoms with van der Waals surface area (Å²) in [5.74, 6) is 0.496. The highest BCUT2D eigenvalue weighted by atomic mass is 35.5. The highest BCUT2D eigenvalue weighted by Gasteiger charge is 2.41. The van der Waals surface area contributed by atoms with E-state index in [9.17, 15) is 23.1 Å². The number of rotatable bonds is 6. The van der Waals surface area contributed by atoms with Crippen LogP contribution in [0.1, 0.15) is 32.3 Å². The minimum Gasteiger partial charge on any atom is -0.463 e. The van der Waals surface area contributed by atoms with Crippen LogP contribution < -0.4 is 19.9 Å². The molecule has 206 valence electrons. The van der Waals surface area contributed by atoms with Crippen molar-refractivity contribution >= 4 is 35.0 Å². The Kier molecular flexibility index (Phi) is 7.02. The average molecular weight is 563 g/mol. The lowest BCUT2D eigenvalue weighted by atomic mass is 10.1. The van der Waals surface area contributed by atoms with Crippen molar-refractivity contribution in [2.75, 3.05) is 34.8 Å². The molecule has 5 rings (SSSR count). The minimum atomic E-state index is -4.53. The molecule has 2 bridgehead atoms. The molecule has 1 saturated heterocycles. The van der Waals surface area contributed by atoms with Crippen LogP contribution in [0.5, 0.6) is 6.01 Å². The number of halogens is 4. The summed E-state index contributed by atoms with van der Waals surface area (Å²) in [6.45, 7) is 4.75. The monoisotopic (exact) mass is 562 g/mol. The lowest BCUT2D eigenvalue weighted by Gasteiger charge is -2.36. The zero-order chi connectivity index (χ0) is 27.9. The molecule has 2 aliphatic heterocycles. The second kappa shape index (κ2) is 10.2. The Morgan fingerprint density at radius 1 is 1.23 bits per heavy atom. The number of amides is 2. The maximum absolute atomic E-state index is 13.5. The van der Waals surface area contributed by atoms with Crippen molar-refractivity contribution in [1.82, 2.24) is 15.0 Å². The molecular formula is C26H26ClF3N6O3. The number of fused-ring (bicyclic) bond motifs is 4. The fraction of sp³-hybridized carbons (Fsp3) is 0.385. The van der Waals surface area contributed by atoms with E-state index in [1.165, 1.54) is 29.3 Å². The van der Waals surface area contributed by atoms with Crippen molar-refractivity contribution < 1.29 is 27.8 Å². The lowest BCUT2D eigenvalue weighted by molar-refractivity contribution is -0.137. The first-order valence-corrected chi connectivity index (χ1v) is 12.7. The van der Waals surface area contributed by atoms with Gasteiger partial charge in [-0.15, -0.1) is 0 Å². The molecule has 39 heavy (non-hydrogen) atoms. The molecule has 1 aromatic carbocycles. The van der Waals surface area contributed by atoms with Gasteiger partial charge in [0, 0.05) is 31.3 Å². The van der Waals surface area contributed by atoms with E-state index in [-0.39, 0.29) is 40.8 Å². The van der Waals surface area contributed by atoms with E-state index in [0.29, 0.717) is 37.4 Å². The molecule has 1 fully saturated rings. The van der Waals surface area contributed by atoms with Gasteiger partial charge in [-0.2, -0.15) is 18.2 Å². The molecule has 0 radical (unpaired) electrons. The number of urea groups is 1. The number of nitrogens with one attached hydrogen (secondary N) is 1. The molecule has 0 unspecified atom stereocenters. The summed E-state index contributed by atoms with van der Waals surface area (Å²) in [4.78, 5) is 30.0. The molecule has 13 heteroatoms. The van der Waals surface area contributed by atoms with Gasteiger partial charge in [-0.25, -0.2) is 14.8 Å². The smallest absolute Gasteiger partial charge is 0.416 e. The number of pyridine rings is 1. The zero-order valence-corrected chi connectivity index (χ0v) is 21.9. The molecule has 9 nitrogen and oxygen atoms in total. The van der Waals surface area contributed by atoms with Crippen LogP contribution in [0.25, 0.3) is 11.3 Å². The number of ether oxygens (including phenoxy) is 1. The normalized spacial score (nSPS) is 16.7. The van der Waals surface area contributed by atoms with Crippen molar-refractivity contribution in [2.45, 2.75) is 44.5 Å². The number of carbonyl (C=O) groups excluding carboxylic acids is 1. The molecule has 3 aromatic rings. The summed E-state index contributed by atoms with van der Waals surface area (Å²) in [6, 6.07) is 7.24. The molecule has 0 saturated carbocycles. The van der Waals surface area contributed by atoms with Crippen LogP contribution in [-0.4, -0.2) is 57.4 Å². The number of hydrogen-bond donors (Lipinski definition) is 2. The first-order valence-electron chi connectivity index (χ1n) is 12.3. The zero-order valence-electron chi connectivity index (χ0n) is 21.2. The predicted molar refractivity (Wildman–Crippen MR) is 140 cm³/mol. The van der Waals surface area contributed by atoms with Crippen molar-refractivity contribution in [2.24, 2.45) is 0 Å². The number of anilines is 3. The van der Waals surface area contributed by atoms with E-state index in [4.69, 9.17) is 16.3 Å². The number of aliphatic hydroxyl groups is 1. The minimum absolute atomic E-state index is 0.0416. The average Bonchev–Trinajstić information content (AvgIpc) is 3.28. The van der Waals surface area contributed by atoms with Gasteiger partial charge in [0.1, 0.15) is 5.82 Å². The Morgan fingerprint density at radius 2 is 2.03 bits per heavy atom. The summed E-state index contributed by atoms with van der Waals surface area (Å²) < 4.78 is 45.5. The Hall–Kier alpha value is -3.64. The van der Waals surface area contributed by atoms with Crippen LogP contribution in [0.2, 0.25) is 5.02 Å². The third-order valence-electron chi connectivity index (χ3n) is 6.53. The Bertz CT molecular complexity index is 1400. The van der Waals surface area contributed by atoms with E-state index in [2.05, 4.69) is 25.2 Å². The summed E-state index contributed by atoms with van der Waals surface area (Å²) in [7, 11) is 0. The highest BCUT2D eigenvalue weighted by Crippen LogP contribution is 2.43. The second-order valence-corrected chi connectivity index (χ2v) is 10.5. The fourth-order valence-electron chi connectivity index (χ4n) is 4.57. The topological polar surface area (TPSA) is 104 Å². The summed E-state index contributed by atoms with van der Waals surface area (Å²) >= 11 is 6.51. The van der Waals surface area contributed by atoms with Gasteiger partial charge in [-0.1, -0.05) is 23.7 Å². The molecule has 2 aliphatic rings. The van der Waals surface area contributed by atoms with Gasteiger partial charge in [0.2, 0.25) is 0 Å². The van der Waals surface area contributed by atoms with E-state index in [1.807, 2.05) is 0 Å². The first kappa shape index (κ1) is 26.9. The number of hydrogen-bond acceptors (Lipinski definition) is 7. The SMILES string of the molecule is CC(C)(O)CCOc1nccc(NC(=O)N2c3nc(-c4cccc(C(F)(F)F)c4)c(Cl)cc3N3CC[C@H]2C3)n1. The first-order chi connectivity index (χ1) is 18.4. The molecule has 0 spiro atoms. The molecule has 2 amide bonds. The standard InChI is InChI=1S/C26H26ClF3N6O3/c1-25(2,38)8-11-39-23-31-9-6-20(32-23)33-24(37)36-17-7-10-35(14-17)19-13-18(27)21(34-22(19)36)15-4-3-5-16(12-15)26(28,29)30/h3-6,9,12-13,17,38H,7-8,10-11,14H2,1-2H3,(H,31,32,33,37)/t17-/m0/s1. The van der Waals surface area contributed by atoms with Crippen molar-refractivity contribution in [3.63, 3.8) is 0 Å². The van der Waals surface area contributed by atoms with E-state index in [1.54, 1.807) is 19.9 Å². The number of nitrogens with zero attached hydrogens (tertiary/aromatic N) is 5. The van der Waals surface area contributed by atoms with Gasteiger partial charge >= 0.3 is 18.2 Å². The van der Waals surface area contributed by atoms with E-state index >= 15 is 0 Å². The number of alkyl halides is 3. The lowest BCUT2D eigenvalue weighted by Crippen LogP contribution is -2.48. The maximum atomic E-state index is 13.5. The molecule has 4 heterocycles. The largest absolute Gasteiger partial charge is 0.463 e. The van der Waals surface area contributed by atoms with E-state index in [0.717, 1.165) is 12.1 Å². The van der Waals surface area contributed by atoms with Crippen LogP contribution in [0.3, 0.4) is 0 Å². The van der Waals surface area contributed by atoms with Crippen molar-refractivity contribution in [3.05, 3.63) is 53.2 Å². The van der Waals surface area contributed by atoms with Crippen LogP contribution >= 0.6 is 11.6 Å². The van der Waals surface area contributed by atoms with Crippen molar-refractivity contribution in [3.8, 4) is 17.3 Å². The number of benzene rings is 1. The Balaban J connectivity index is 1.43. The summed E-state index contributed by atoms with van der Waals surface area (Å²) in [6.07, 6.45) is -2.05. The fourth-order valence-corrected chi connectivity index (χ4v) is 4.83. The third-order valence-corrected chi connectivity index (χ3v) is 6.82. The van der Waals surface area contributed by atoms with Gasteiger partial charge in [0.05, 0.1) is 40.2 Å². The van der Waals surface area contributed by atoms with Gasteiger partial charge in [-0.05, 0) is 44.5 Å². The predicted octanol–water partition coefficient (Wildman–Crippen LogP) is 5.38. The van der Waals surface area contributed by atoms with Crippen LogP contribution in [0.4, 0.5) is 35.3 Å². The van der Waals surface area contributed by atoms with Gasteiger partial charge in [0.15, 0.2) is 5.82 Å². The highest BCUT2D eigenvalue weighted by molar-refractivity contribution is 6.33. The third kappa shape index (κ3) is 5.86. The molecule has 2 N–H and O–H groups in total. The summed E-state index contributed by atoms with van der Waals surface area (Å²) in [5.41, 5.74) is -0.775. The van der Waals surface area contributed by atoms with Crippen molar-refractivity contribution in [1.29, 1.82) is 0 Å². The maximum Gasteiger partial charge on any atom is 0.416 e. The Morgan fingerprint density at radius 3 is 2.77 bits per heavy atom. The van der Waals surface area contributed by atoms with Gasteiger partial charge in [0.25, 0.3) is 0 Å². The second-order valence-electron chi connectivity index (χ2n) is 10.1. The van der Waals surface area contributed by atoms with Gasteiger partial charge in [-0.3, -0.25) is 10.2 Å². The number of aromatic nitrogens is 3. The molecule has 0 aliphatic carbocycles. The quantitative estimate of drug-likeness (QED) is 0.415. The molecule has 2 aromatic heterocycles. The number of carbonyl (C=O) groups is 1. The van der Waals surface area contributed by atoms with Crippen LogP contribution in [0, 0.1) is 0 Å². The van der Waals surface area contributed by atoms with Crippen LogP contribution in [-0.2, 0) is 6.18 Å². The van der Waals surface area contributed by atoms with E-state index < -0.39 is 23.4 Å². The Labute approximate surface area is 227 Å². The molecular weight excluding hydrogens is 537 g/mol. The van der Waals surface area contributed by atoms with Gasteiger partial charge < -0.3 is 14.7 Å².